The summed E-state index contributed by atoms with van der Waals surface area (Å²) in [5, 5.41) is 1.84. The predicted molar refractivity (Wildman–Crippen MR) is 81.1 cm³/mol. The lowest BCUT2D eigenvalue weighted by Crippen LogP contribution is -2.10. The molecule has 5 heteroatoms. The zero-order valence-electron chi connectivity index (χ0n) is 11.2. The minimum Gasteiger partial charge on any atom is -0.293 e. The second-order valence-corrected chi connectivity index (χ2v) is 7.61. The highest BCUT2D eigenvalue weighted by atomic mass is 32.2. The number of rotatable bonds is 6. The number of ketones is 1. The van der Waals surface area contributed by atoms with Crippen LogP contribution >= 0.6 is 11.3 Å². The summed E-state index contributed by atoms with van der Waals surface area (Å²) in [6.07, 6.45) is 0.624. The number of carbonyl (C=O) groups is 1. The molecule has 0 radical (unpaired) electrons. The number of sulfone groups is 1. The van der Waals surface area contributed by atoms with Crippen molar-refractivity contribution in [3.05, 3.63) is 52.2 Å². The van der Waals surface area contributed by atoms with Crippen LogP contribution in [0.1, 0.15) is 28.1 Å². The van der Waals surface area contributed by atoms with E-state index in [4.69, 9.17) is 0 Å². The second-order valence-electron chi connectivity index (χ2n) is 4.59. The van der Waals surface area contributed by atoms with E-state index in [0.717, 1.165) is 5.56 Å². The first-order valence-electron chi connectivity index (χ1n) is 6.36. The molecule has 0 bridgehead atoms. The zero-order chi connectivity index (χ0) is 14.6. The van der Waals surface area contributed by atoms with Crippen molar-refractivity contribution >= 4 is 27.0 Å². The van der Waals surface area contributed by atoms with Crippen LogP contribution in [-0.4, -0.2) is 20.0 Å². The van der Waals surface area contributed by atoms with Gasteiger partial charge in [-0.1, -0.05) is 24.3 Å². The Morgan fingerprint density at radius 3 is 2.55 bits per heavy atom. The topological polar surface area (TPSA) is 51.2 Å². The molecule has 0 unspecified atom stereocenters. The summed E-state index contributed by atoms with van der Waals surface area (Å²) in [7, 11) is -3.30. The van der Waals surface area contributed by atoms with E-state index in [2.05, 4.69) is 0 Å². The van der Waals surface area contributed by atoms with Gasteiger partial charge in [0.25, 0.3) is 0 Å². The summed E-state index contributed by atoms with van der Waals surface area (Å²) in [6, 6.07) is 10.5. The second kappa shape index (κ2) is 6.33. The normalized spacial score (nSPS) is 11.4. The van der Waals surface area contributed by atoms with Gasteiger partial charge in [0.15, 0.2) is 15.6 Å². The fraction of sp³-hybridized carbons (Fsp3) is 0.267. The van der Waals surface area contributed by atoms with E-state index in [9.17, 15) is 13.2 Å². The van der Waals surface area contributed by atoms with Gasteiger partial charge in [-0.25, -0.2) is 8.42 Å². The Kier molecular flexibility index (Phi) is 4.73. The first-order valence-corrected chi connectivity index (χ1v) is 8.89. The minimum atomic E-state index is -3.30. The van der Waals surface area contributed by atoms with E-state index in [-0.39, 0.29) is 18.0 Å². The van der Waals surface area contributed by atoms with E-state index in [1.807, 2.05) is 17.5 Å². The Hall–Kier alpha value is -1.46. The van der Waals surface area contributed by atoms with E-state index in [0.29, 0.717) is 16.2 Å². The molecule has 20 heavy (non-hydrogen) atoms. The molecule has 2 aromatic rings. The third-order valence-corrected chi connectivity index (χ3v) is 5.91. The van der Waals surface area contributed by atoms with Crippen molar-refractivity contribution in [1.82, 2.24) is 0 Å². The molecule has 1 aromatic heterocycles. The Morgan fingerprint density at radius 1 is 1.15 bits per heavy atom. The monoisotopic (exact) mass is 308 g/mol. The van der Waals surface area contributed by atoms with Crippen molar-refractivity contribution in [2.24, 2.45) is 0 Å². The lowest BCUT2D eigenvalue weighted by molar-refractivity contribution is 0.0986. The number of benzene rings is 1. The molecular weight excluding hydrogens is 292 g/mol. The molecule has 1 heterocycles. The minimum absolute atomic E-state index is 0.00890. The quantitative estimate of drug-likeness (QED) is 0.768. The average molecular weight is 308 g/mol. The highest BCUT2D eigenvalue weighted by Crippen LogP contribution is 2.18. The predicted octanol–water partition coefficient (Wildman–Crippen LogP) is 3.49. The fourth-order valence-electron chi connectivity index (χ4n) is 2.00. The molecule has 0 saturated carbocycles. The van der Waals surface area contributed by atoms with E-state index < -0.39 is 9.84 Å². The SMILES string of the molecule is Cc1ccccc1S(=O)(=O)CCCC(=O)c1cccs1. The number of aryl methyl sites for hydroxylation is 1. The zero-order valence-corrected chi connectivity index (χ0v) is 12.8. The van der Waals surface area contributed by atoms with Crippen LogP contribution < -0.4 is 0 Å². The molecule has 0 fully saturated rings. The summed E-state index contributed by atoms with van der Waals surface area (Å²) in [5.74, 6) is 0.0228. The molecule has 3 nitrogen and oxygen atoms in total. The van der Waals surface area contributed by atoms with Crippen LogP contribution in [0.3, 0.4) is 0 Å². The van der Waals surface area contributed by atoms with Gasteiger partial charge in [0, 0.05) is 6.42 Å². The van der Waals surface area contributed by atoms with Crippen molar-refractivity contribution in [2.45, 2.75) is 24.7 Å². The van der Waals surface area contributed by atoms with Gasteiger partial charge in [0.2, 0.25) is 0 Å². The molecule has 0 atom stereocenters. The fourth-order valence-corrected chi connectivity index (χ4v) is 4.28. The van der Waals surface area contributed by atoms with Crippen LogP contribution in [0.4, 0.5) is 0 Å². The van der Waals surface area contributed by atoms with Gasteiger partial charge < -0.3 is 0 Å². The molecule has 0 spiro atoms. The number of hydrogen-bond acceptors (Lipinski definition) is 4. The first kappa shape index (κ1) is 14.9. The van der Waals surface area contributed by atoms with Crippen molar-refractivity contribution in [3.8, 4) is 0 Å². The van der Waals surface area contributed by atoms with Crippen molar-refractivity contribution < 1.29 is 13.2 Å². The van der Waals surface area contributed by atoms with Crippen molar-refractivity contribution in [1.29, 1.82) is 0 Å². The number of carbonyl (C=O) groups excluding carboxylic acids is 1. The maximum absolute atomic E-state index is 12.2. The van der Waals surface area contributed by atoms with Crippen LogP contribution in [0.25, 0.3) is 0 Å². The summed E-state index contributed by atoms with van der Waals surface area (Å²) >= 11 is 1.39. The molecule has 2 rings (SSSR count). The lowest BCUT2D eigenvalue weighted by atomic mass is 10.2. The molecule has 1 aromatic carbocycles. The third-order valence-electron chi connectivity index (χ3n) is 3.04. The van der Waals surface area contributed by atoms with Gasteiger partial charge in [-0.15, -0.1) is 11.3 Å². The highest BCUT2D eigenvalue weighted by molar-refractivity contribution is 7.91. The Morgan fingerprint density at radius 2 is 1.90 bits per heavy atom. The van der Waals surface area contributed by atoms with Crippen LogP contribution in [0.5, 0.6) is 0 Å². The van der Waals surface area contributed by atoms with Crippen molar-refractivity contribution in [3.63, 3.8) is 0 Å². The maximum Gasteiger partial charge on any atom is 0.178 e. The van der Waals surface area contributed by atoms with Gasteiger partial charge in [-0.2, -0.15) is 0 Å². The van der Waals surface area contributed by atoms with Gasteiger partial charge >= 0.3 is 0 Å². The smallest absolute Gasteiger partial charge is 0.178 e. The average Bonchev–Trinajstić information content (AvgIpc) is 2.92. The molecule has 0 aliphatic rings. The van der Waals surface area contributed by atoms with Crippen molar-refractivity contribution in [2.75, 3.05) is 5.75 Å². The maximum atomic E-state index is 12.2. The number of thiophene rings is 1. The Balaban J connectivity index is 1.97. The molecule has 0 aliphatic heterocycles. The van der Waals surface area contributed by atoms with Gasteiger partial charge in [0.05, 0.1) is 15.5 Å². The van der Waals surface area contributed by atoms with E-state index >= 15 is 0 Å². The van der Waals surface area contributed by atoms with Gasteiger partial charge in [-0.05, 0) is 36.4 Å². The van der Waals surface area contributed by atoms with E-state index in [1.54, 1.807) is 31.2 Å². The highest BCUT2D eigenvalue weighted by Gasteiger charge is 2.17. The standard InChI is InChI=1S/C15H16O3S2/c1-12-6-2-3-9-15(12)20(17,18)11-5-7-13(16)14-8-4-10-19-14/h2-4,6,8-10H,5,7,11H2,1H3. The molecule has 106 valence electrons. The third kappa shape index (κ3) is 3.55. The Labute approximate surface area is 123 Å². The van der Waals surface area contributed by atoms with Crippen LogP contribution in [-0.2, 0) is 9.84 Å². The number of hydrogen-bond donors (Lipinski definition) is 0. The molecule has 0 N–H and O–H groups in total. The molecule has 0 amide bonds. The van der Waals surface area contributed by atoms with Crippen LogP contribution in [0.2, 0.25) is 0 Å². The van der Waals surface area contributed by atoms with E-state index in [1.165, 1.54) is 11.3 Å². The largest absolute Gasteiger partial charge is 0.293 e. The molecule has 0 saturated heterocycles. The molecule has 0 aliphatic carbocycles. The van der Waals surface area contributed by atoms with Gasteiger partial charge in [-0.3, -0.25) is 4.79 Å². The summed E-state index contributed by atoms with van der Waals surface area (Å²) < 4.78 is 24.4. The lowest BCUT2D eigenvalue weighted by Gasteiger charge is -2.06. The van der Waals surface area contributed by atoms with Crippen LogP contribution in [0.15, 0.2) is 46.7 Å². The van der Waals surface area contributed by atoms with Crippen LogP contribution in [0, 0.1) is 6.92 Å². The first-order chi connectivity index (χ1) is 9.50. The molecular formula is C15H16O3S2. The van der Waals surface area contributed by atoms with Gasteiger partial charge in [0.1, 0.15) is 0 Å². The summed E-state index contributed by atoms with van der Waals surface area (Å²) in [4.78, 5) is 12.9. The summed E-state index contributed by atoms with van der Waals surface area (Å²) in [5.41, 5.74) is 0.747. The Bertz CT molecular complexity index is 686. The summed E-state index contributed by atoms with van der Waals surface area (Å²) in [6.45, 7) is 1.78. The number of Topliss-reactive ketones (excluding diaryl/α,β-unsaturated/α-hetero) is 1.